The van der Waals surface area contributed by atoms with E-state index in [9.17, 15) is 4.79 Å². The molecule has 3 atom stereocenters. The molecule has 0 saturated heterocycles. The fourth-order valence-corrected chi connectivity index (χ4v) is 4.07. The van der Waals surface area contributed by atoms with Crippen LogP contribution in [0.1, 0.15) is 32.3 Å². The van der Waals surface area contributed by atoms with E-state index < -0.39 is 11.7 Å². The Kier molecular flexibility index (Phi) is 6.27. The van der Waals surface area contributed by atoms with Gasteiger partial charge in [0.25, 0.3) is 0 Å². The van der Waals surface area contributed by atoms with E-state index in [1.165, 1.54) is 0 Å². The Hall–Kier alpha value is -0.860. The van der Waals surface area contributed by atoms with Gasteiger partial charge in [-0.1, -0.05) is 32.0 Å². The van der Waals surface area contributed by atoms with E-state index in [4.69, 9.17) is 19.9 Å². The van der Waals surface area contributed by atoms with Crippen LogP contribution in [0.5, 0.6) is 0 Å². The van der Waals surface area contributed by atoms with Gasteiger partial charge in [0.05, 0.1) is 0 Å². The van der Waals surface area contributed by atoms with Gasteiger partial charge in [-0.05, 0) is 53.0 Å². The maximum Gasteiger partial charge on any atom is 0.404 e. The number of methoxy groups -OCH3 is 1. The van der Waals surface area contributed by atoms with Crippen molar-refractivity contribution in [1.82, 2.24) is 0 Å². The van der Waals surface area contributed by atoms with Gasteiger partial charge in [-0.2, -0.15) is 0 Å². The van der Waals surface area contributed by atoms with E-state index >= 15 is 0 Å². The zero-order chi connectivity index (χ0) is 17.0. The van der Waals surface area contributed by atoms with Crippen LogP contribution < -0.4 is 5.73 Å². The zero-order valence-corrected chi connectivity index (χ0v) is 15.9. The molecule has 128 valence electrons. The minimum atomic E-state index is -0.731. The number of hydrogen-bond donors (Lipinski definition) is 1. The third-order valence-electron chi connectivity index (χ3n) is 4.07. The van der Waals surface area contributed by atoms with Crippen molar-refractivity contribution in [1.29, 1.82) is 0 Å². The molecule has 23 heavy (non-hydrogen) atoms. The molecule has 6 heteroatoms. The molecule has 1 aromatic carbocycles. The fraction of sp³-hybridized carbons (Fsp3) is 0.588. The van der Waals surface area contributed by atoms with E-state index in [-0.39, 0.29) is 18.8 Å². The van der Waals surface area contributed by atoms with Crippen molar-refractivity contribution in [3.63, 3.8) is 0 Å². The van der Waals surface area contributed by atoms with Crippen molar-refractivity contribution in [2.45, 2.75) is 38.4 Å². The van der Waals surface area contributed by atoms with E-state index in [2.05, 4.69) is 48.6 Å². The second kappa shape index (κ2) is 7.81. The summed E-state index contributed by atoms with van der Waals surface area (Å²) in [5, 5.41) is 0. The van der Waals surface area contributed by atoms with Crippen molar-refractivity contribution in [2.24, 2.45) is 17.6 Å². The molecule has 0 bridgehead atoms. The lowest BCUT2D eigenvalue weighted by atomic mass is 9.81. The summed E-state index contributed by atoms with van der Waals surface area (Å²) in [7, 11) is 1.61. The number of halogens is 1. The molecule has 2 N–H and O–H groups in total. The van der Waals surface area contributed by atoms with E-state index in [0.717, 1.165) is 22.0 Å². The number of rotatable bonds is 8. The molecule has 1 aliphatic rings. The number of ether oxygens (including phenoxy) is 3. The monoisotopic (exact) mass is 433 g/mol. The van der Waals surface area contributed by atoms with Crippen LogP contribution >= 0.6 is 22.6 Å². The van der Waals surface area contributed by atoms with E-state index in [1.54, 1.807) is 7.11 Å². The molecule has 1 unspecified atom stereocenters. The van der Waals surface area contributed by atoms with E-state index in [1.807, 2.05) is 12.1 Å². The lowest BCUT2D eigenvalue weighted by Gasteiger charge is -2.37. The molecular formula is C17H24INO4. The highest BCUT2D eigenvalue weighted by Gasteiger charge is 2.57. The summed E-state index contributed by atoms with van der Waals surface area (Å²) in [6.07, 6.45) is 0.647. The average Bonchev–Trinajstić information content (AvgIpc) is 3.22. The predicted octanol–water partition coefficient (Wildman–Crippen LogP) is 3.64. The van der Waals surface area contributed by atoms with Crippen LogP contribution in [0.4, 0.5) is 4.79 Å². The summed E-state index contributed by atoms with van der Waals surface area (Å²) in [6.45, 7) is 4.51. The summed E-state index contributed by atoms with van der Waals surface area (Å²) in [5.41, 5.74) is 5.76. The molecule has 0 spiro atoms. The van der Waals surface area contributed by atoms with Crippen molar-refractivity contribution in [3.8, 4) is 0 Å². The molecule has 0 radical (unpaired) electrons. The first-order valence-corrected chi connectivity index (χ1v) is 8.82. The lowest BCUT2D eigenvalue weighted by Crippen LogP contribution is -2.37. The van der Waals surface area contributed by atoms with Gasteiger partial charge in [-0.3, -0.25) is 0 Å². The summed E-state index contributed by atoms with van der Waals surface area (Å²) in [5.74, 6) is 0.501. The molecule has 5 nitrogen and oxygen atoms in total. The minimum Gasteiger partial charge on any atom is -0.446 e. The normalized spacial score (nSPS) is 22.7. The smallest absolute Gasteiger partial charge is 0.404 e. The van der Waals surface area contributed by atoms with Crippen LogP contribution in [0, 0.1) is 15.4 Å². The number of carbonyl (C=O) groups is 1. The Morgan fingerprint density at radius 3 is 2.70 bits per heavy atom. The predicted molar refractivity (Wildman–Crippen MR) is 95.8 cm³/mol. The molecular weight excluding hydrogens is 409 g/mol. The maximum atomic E-state index is 11.1. The molecule has 1 amide bonds. The number of amides is 1. The third-order valence-corrected chi connectivity index (χ3v) is 5.01. The highest BCUT2D eigenvalue weighted by Crippen LogP contribution is 2.54. The van der Waals surface area contributed by atoms with Crippen LogP contribution in [-0.4, -0.2) is 26.1 Å². The second-order valence-corrected chi connectivity index (χ2v) is 7.50. The van der Waals surface area contributed by atoms with Crippen LogP contribution in [0.2, 0.25) is 0 Å². The fourth-order valence-electron chi connectivity index (χ4n) is 3.22. The van der Waals surface area contributed by atoms with Gasteiger partial charge in [0, 0.05) is 16.6 Å². The summed E-state index contributed by atoms with van der Waals surface area (Å²) >= 11 is 2.32. The highest BCUT2D eigenvalue weighted by molar-refractivity contribution is 14.1. The van der Waals surface area contributed by atoms with Gasteiger partial charge in [0.15, 0.2) is 0 Å². The number of hydrogen-bond acceptors (Lipinski definition) is 4. The van der Waals surface area contributed by atoms with Gasteiger partial charge >= 0.3 is 6.09 Å². The van der Waals surface area contributed by atoms with Crippen molar-refractivity contribution >= 4 is 28.7 Å². The number of benzene rings is 1. The largest absolute Gasteiger partial charge is 0.446 e. The van der Waals surface area contributed by atoms with Crippen LogP contribution in [0.3, 0.4) is 0 Å². The van der Waals surface area contributed by atoms with Crippen molar-refractivity contribution in [3.05, 3.63) is 33.4 Å². The van der Waals surface area contributed by atoms with Crippen LogP contribution in [0.25, 0.3) is 0 Å². The molecule has 0 heterocycles. The number of carbonyl (C=O) groups excluding carboxylic acids is 1. The second-order valence-electron chi connectivity index (χ2n) is 6.34. The molecule has 1 fully saturated rings. The molecule has 1 aromatic rings. The molecule has 0 aliphatic heterocycles. The van der Waals surface area contributed by atoms with Gasteiger partial charge in [-0.25, -0.2) is 4.79 Å². The molecule has 1 aliphatic carbocycles. The Bertz CT molecular complexity index is 551. The number of primary amides is 1. The van der Waals surface area contributed by atoms with Gasteiger partial charge < -0.3 is 19.9 Å². The van der Waals surface area contributed by atoms with Crippen LogP contribution in [0.15, 0.2) is 24.3 Å². The van der Waals surface area contributed by atoms with Crippen molar-refractivity contribution in [2.75, 3.05) is 13.9 Å². The SMILES string of the molecule is COCOC(CC(C)C)(c1ccccc1I)[C@H]1C[C@@H]1OC(N)=O. The molecule has 2 rings (SSSR count). The highest BCUT2D eigenvalue weighted by atomic mass is 127. The Labute approximate surface area is 151 Å². The van der Waals surface area contributed by atoms with Crippen LogP contribution in [-0.2, 0) is 19.8 Å². The van der Waals surface area contributed by atoms with Crippen molar-refractivity contribution < 1.29 is 19.0 Å². The summed E-state index contributed by atoms with van der Waals surface area (Å²) in [6, 6.07) is 8.16. The zero-order valence-electron chi connectivity index (χ0n) is 13.8. The Balaban J connectivity index is 2.39. The Morgan fingerprint density at radius 2 is 2.13 bits per heavy atom. The molecule has 0 aromatic heterocycles. The first kappa shape index (κ1) is 18.5. The minimum absolute atomic E-state index is 0.0865. The summed E-state index contributed by atoms with van der Waals surface area (Å²) < 4.78 is 17.8. The maximum absolute atomic E-state index is 11.1. The van der Waals surface area contributed by atoms with Gasteiger partial charge in [0.2, 0.25) is 0 Å². The quantitative estimate of drug-likeness (QED) is 0.502. The van der Waals surface area contributed by atoms with Gasteiger partial charge in [0.1, 0.15) is 18.5 Å². The first-order valence-electron chi connectivity index (χ1n) is 7.74. The lowest BCUT2D eigenvalue weighted by molar-refractivity contribution is -0.159. The average molecular weight is 433 g/mol. The third kappa shape index (κ3) is 4.36. The standard InChI is InChI=1S/C17H24INO4/c1-11(2)9-17(22-10-21-3,12-6-4-5-7-14(12)18)13-8-15(13)23-16(19)20/h4-7,11,13,15H,8-10H2,1-3H3,(H2,19,20)/t13-,15-,17?/m0/s1. The molecule has 1 saturated carbocycles. The first-order chi connectivity index (χ1) is 10.9. The summed E-state index contributed by atoms with van der Waals surface area (Å²) in [4.78, 5) is 11.1. The topological polar surface area (TPSA) is 70.8 Å². The van der Waals surface area contributed by atoms with E-state index in [0.29, 0.717) is 5.92 Å². The van der Waals surface area contributed by atoms with Gasteiger partial charge in [-0.15, -0.1) is 0 Å². The number of nitrogens with two attached hydrogens (primary N) is 1. The Morgan fingerprint density at radius 1 is 1.43 bits per heavy atom.